The molecule has 0 aromatic carbocycles. The zero-order chi connectivity index (χ0) is 13.1. The molecule has 0 aliphatic heterocycles. The van der Waals surface area contributed by atoms with E-state index >= 15 is 0 Å². The van der Waals surface area contributed by atoms with E-state index in [0.717, 1.165) is 6.17 Å². The largest absolute Gasteiger partial charge is 0.359 e. The zero-order valence-corrected chi connectivity index (χ0v) is 13.6. The smallest absolute Gasteiger partial charge is 0.220 e. The van der Waals surface area contributed by atoms with E-state index in [1.165, 1.54) is 38.1 Å². The zero-order valence-electron chi connectivity index (χ0n) is 11.7. The quantitative estimate of drug-likeness (QED) is 0.356. The van der Waals surface area contributed by atoms with Crippen LogP contribution in [-0.2, 0) is 4.79 Å². The molecule has 102 valence electrons. The second kappa shape index (κ2) is 10.0. The molecule has 0 aromatic heterocycles. The molecule has 0 saturated heterocycles. The lowest BCUT2D eigenvalue weighted by Gasteiger charge is -2.22. The molecule has 0 aromatic rings. The molecule has 0 rings (SSSR count). The number of thiol groups is 1. The van der Waals surface area contributed by atoms with Crippen LogP contribution < -0.4 is 5.32 Å². The minimum atomic E-state index is -1.21. The lowest BCUT2D eigenvalue weighted by atomic mass is 10.2. The summed E-state index contributed by atoms with van der Waals surface area (Å²) in [7, 11) is -1.21. The van der Waals surface area contributed by atoms with Crippen molar-refractivity contribution in [3.63, 3.8) is 0 Å². The summed E-state index contributed by atoms with van der Waals surface area (Å²) in [5.41, 5.74) is 0. The van der Waals surface area contributed by atoms with Crippen molar-refractivity contribution < 1.29 is 4.79 Å². The standard InChI is InChI=1S/C13H29NOSSi/c1-4-5-6-7-8-11-17(2,3)12-14-13(15)9-10-16/h16H,4-12H2,1-3H3,(H,14,15). The third-order valence-electron chi connectivity index (χ3n) is 3.06. The van der Waals surface area contributed by atoms with Crippen LogP contribution in [0.2, 0.25) is 19.1 Å². The Morgan fingerprint density at radius 1 is 1.18 bits per heavy atom. The van der Waals surface area contributed by atoms with Gasteiger partial charge in [0.2, 0.25) is 5.91 Å². The summed E-state index contributed by atoms with van der Waals surface area (Å²) in [6.45, 7) is 6.98. The van der Waals surface area contributed by atoms with E-state index in [-0.39, 0.29) is 5.91 Å². The first-order valence-corrected chi connectivity index (χ1v) is 10.9. The van der Waals surface area contributed by atoms with E-state index in [4.69, 9.17) is 0 Å². The predicted molar refractivity (Wildman–Crippen MR) is 82.5 cm³/mol. The first kappa shape index (κ1) is 17.0. The molecule has 4 heteroatoms. The van der Waals surface area contributed by atoms with Crippen molar-refractivity contribution in [2.24, 2.45) is 0 Å². The molecule has 1 amide bonds. The van der Waals surface area contributed by atoms with Gasteiger partial charge >= 0.3 is 0 Å². The van der Waals surface area contributed by atoms with Gasteiger partial charge < -0.3 is 5.32 Å². The van der Waals surface area contributed by atoms with Crippen LogP contribution in [0, 0.1) is 0 Å². The van der Waals surface area contributed by atoms with Gasteiger partial charge in [0.1, 0.15) is 0 Å². The van der Waals surface area contributed by atoms with E-state index in [1.807, 2.05) is 0 Å². The fraction of sp³-hybridized carbons (Fsp3) is 0.923. The summed E-state index contributed by atoms with van der Waals surface area (Å²) in [6, 6.07) is 1.33. The van der Waals surface area contributed by atoms with Crippen LogP contribution in [0.4, 0.5) is 0 Å². The highest BCUT2D eigenvalue weighted by Gasteiger charge is 2.20. The monoisotopic (exact) mass is 275 g/mol. The molecule has 17 heavy (non-hydrogen) atoms. The van der Waals surface area contributed by atoms with E-state index in [2.05, 4.69) is 38.0 Å². The maximum Gasteiger partial charge on any atom is 0.220 e. The van der Waals surface area contributed by atoms with Crippen molar-refractivity contribution in [3.05, 3.63) is 0 Å². The van der Waals surface area contributed by atoms with E-state index in [1.54, 1.807) is 0 Å². The summed E-state index contributed by atoms with van der Waals surface area (Å²) in [6.07, 6.45) is 8.20. The van der Waals surface area contributed by atoms with Gasteiger partial charge in [0, 0.05) is 12.6 Å². The van der Waals surface area contributed by atoms with Gasteiger partial charge in [-0.2, -0.15) is 12.6 Å². The Morgan fingerprint density at radius 3 is 2.41 bits per heavy atom. The molecule has 0 atom stereocenters. The highest BCUT2D eigenvalue weighted by atomic mass is 32.1. The SMILES string of the molecule is CCCCCCC[Si](C)(C)CNC(=O)CCS. The topological polar surface area (TPSA) is 29.1 Å². The third kappa shape index (κ3) is 10.9. The van der Waals surface area contributed by atoms with Crippen LogP contribution in [0.1, 0.15) is 45.4 Å². The number of nitrogens with one attached hydrogen (secondary N) is 1. The number of hydrogen-bond donors (Lipinski definition) is 2. The molecule has 0 aliphatic rings. The normalized spacial score (nSPS) is 11.5. The Kier molecular flexibility index (Phi) is 10.0. The average molecular weight is 276 g/mol. The Hall–Kier alpha value is 0.0369. The molecule has 0 unspecified atom stereocenters. The minimum Gasteiger partial charge on any atom is -0.359 e. The predicted octanol–water partition coefficient (Wildman–Crippen LogP) is 3.64. The molecule has 1 N–H and O–H groups in total. The third-order valence-corrected chi connectivity index (χ3v) is 6.12. The first-order chi connectivity index (χ1) is 8.02. The summed E-state index contributed by atoms with van der Waals surface area (Å²) in [5, 5.41) is 3.05. The van der Waals surface area contributed by atoms with Crippen molar-refractivity contribution in [1.29, 1.82) is 0 Å². The summed E-state index contributed by atoms with van der Waals surface area (Å²) in [5.74, 6) is 0.803. The maximum absolute atomic E-state index is 11.4. The fourth-order valence-corrected chi connectivity index (χ4v) is 4.09. The molecule has 0 spiro atoms. The van der Waals surface area contributed by atoms with Crippen molar-refractivity contribution >= 4 is 26.6 Å². The first-order valence-electron chi connectivity index (χ1n) is 6.89. The van der Waals surface area contributed by atoms with Gasteiger partial charge in [-0.05, 0) is 5.75 Å². The average Bonchev–Trinajstić information content (AvgIpc) is 2.27. The molecule has 0 fully saturated rings. The number of amides is 1. The Labute approximate surface area is 113 Å². The number of unbranched alkanes of at least 4 members (excludes halogenated alkanes) is 4. The second-order valence-corrected chi connectivity index (χ2v) is 11.2. The van der Waals surface area contributed by atoms with Crippen molar-refractivity contribution in [3.8, 4) is 0 Å². The molecule has 0 heterocycles. The molecule has 0 radical (unpaired) electrons. The summed E-state index contributed by atoms with van der Waals surface area (Å²) in [4.78, 5) is 11.4. The lowest BCUT2D eigenvalue weighted by Crippen LogP contribution is -2.42. The summed E-state index contributed by atoms with van der Waals surface area (Å²) < 4.78 is 0. The fourth-order valence-electron chi connectivity index (χ4n) is 1.82. The van der Waals surface area contributed by atoms with E-state index in [9.17, 15) is 4.79 Å². The summed E-state index contributed by atoms with van der Waals surface area (Å²) >= 11 is 4.06. The number of rotatable bonds is 10. The van der Waals surface area contributed by atoms with Gasteiger partial charge in [-0.3, -0.25) is 4.79 Å². The molecule has 0 aliphatic carbocycles. The Morgan fingerprint density at radius 2 is 1.82 bits per heavy atom. The highest BCUT2D eigenvalue weighted by molar-refractivity contribution is 7.80. The van der Waals surface area contributed by atoms with Crippen LogP contribution >= 0.6 is 12.6 Å². The van der Waals surface area contributed by atoms with Gasteiger partial charge in [0.25, 0.3) is 0 Å². The van der Waals surface area contributed by atoms with Gasteiger partial charge in [0.05, 0.1) is 8.07 Å². The minimum absolute atomic E-state index is 0.159. The highest BCUT2D eigenvalue weighted by Crippen LogP contribution is 2.15. The molecule has 0 bridgehead atoms. The van der Waals surface area contributed by atoms with E-state index < -0.39 is 8.07 Å². The maximum atomic E-state index is 11.4. The van der Waals surface area contributed by atoms with Gasteiger partial charge in [0.15, 0.2) is 0 Å². The molecule has 2 nitrogen and oxygen atoms in total. The van der Waals surface area contributed by atoms with Crippen LogP contribution in [0.3, 0.4) is 0 Å². The number of carbonyl (C=O) groups excluding carboxylic acids is 1. The van der Waals surface area contributed by atoms with E-state index in [0.29, 0.717) is 12.2 Å². The van der Waals surface area contributed by atoms with Crippen molar-refractivity contribution in [2.75, 3.05) is 11.9 Å². The lowest BCUT2D eigenvalue weighted by molar-refractivity contribution is -0.120. The number of hydrogen-bond acceptors (Lipinski definition) is 2. The van der Waals surface area contributed by atoms with Crippen LogP contribution in [0.5, 0.6) is 0 Å². The van der Waals surface area contributed by atoms with Crippen LogP contribution in [0.15, 0.2) is 0 Å². The second-order valence-electron chi connectivity index (χ2n) is 5.58. The van der Waals surface area contributed by atoms with Crippen LogP contribution in [0.25, 0.3) is 0 Å². The van der Waals surface area contributed by atoms with Gasteiger partial charge in [-0.1, -0.05) is 58.2 Å². The van der Waals surface area contributed by atoms with Crippen LogP contribution in [-0.4, -0.2) is 25.9 Å². The molecular formula is C13H29NOSSi. The van der Waals surface area contributed by atoms with Crippen molar-refractivity contribution in [1.82, 2.24) is 5.32 Å². The Bertz CT molecular complexity index is 210. The molecular weight excluding hydrogens is 246 g/mol. The molecule has 0 saturated carbocycles. The van der Waals surface area contributed by atoms with Crippen molar-refractivity contribution in [2.45, 2.75) is 64.6 Å². The van der Waals surface area contributed by atoms with Gasteiger partial charge in [-0.15, -0.1) is 0 Å². The number of carbonyl (C=O) groups is 1. The Balaban J connectivity index is 3.61. The van der Waals surface area contributed by atoms with Gasteiger partial charge in [-0.25, -0.2) is 0 Å².